The number of nitrogens with zero attached hydrogens (tertiary/aromatic N) is 6. The molecule has 10 nitrogen and oxygen atoms in total. The second-order valence-electron chi connectivity index (χ2n) is 14.8. The van der Waals surface area contributed by atoms with Gasteiger partial charge in [0.2, 0.25) is 5.91 Å². The Morgan fingerprint density at radius 3 is 2.45 bits per heavy atom. The fourth-order valence-corrected chi connectivity index (χ4v) is 8.50. The van der Waals surface area contributed by atoms with E-state index in [0.29, 0.717) is 98.0 Å². The monoisotopic (exact) mass is 729 g/mol. The predicted octanol–water partition coefficient (Wildman–Crippen LogP) is 6.98. The third-order valence-corrected chi connectivity index (χ3v) is 11.4. The Labute approximate surface area is 307 Å². The van der Waals surface area contributed by atoms with Crippen LogP contribution in [0.1, 0.15) is 67.5 Å². The van der Waals surface area contributed by atoms with Gasteiger partial charge in [-0.3, -0.25) is 19.6 Å². The van der Waals surface area contributed by atoms with Crippen LogP contribution in [0.15, 0.2) is 43.6 Å². The van der Waals surface area contributed by atoms with Gasteiger partial charge in [0.25, 0.3) is 0 Å². The largest absolute Gasteiger partial charge is 0.465 e. The van der Waals surface area contributed by atoms with Crippen LogP contribution in [0.4, 0.5) is 19.0 Å². The normalized spacial score (nSPS) is 18.1. The summed E-state index contributed by atoms with van der Waals surface area (Å²) in [5.74, 6) is 0.963. The van der Waals surface area contributed by atoms with E-state index in [1.807, 2.05) is 30.0 Å². The predicted molar refractivity (Wildman–Crippen MR) is 200 cm³/mol. The second-order valence-corrected chi connectivity index (χ2v) is 14.8. The number of carbonyl (C=O) groups is 2. The lowest BCUT2D eigenvalue weighted by molar-refractivity contribution is -0.144. The highest BCUT2D eigenvalue weighted by Crippen LogP contribution is 2.46. The lowest BCUT2D eigenvalue weighted by Crippen LogP contribution is -2.61. The SMILES string of the molecule is C=CC(=O)N1CC2(CCN(c3nc(C4CCN(CC(=O)OCC)CC4)nc4c(CCC(F)(F)F)c(-c5c(C)ccc6[nH]ncc56)c(C=C)cc34)CC2)C1. The van der Waals surface area contributed by atoms with Gasteiger partial charge in [-0.2, -0.15) is 18.3 Å². The Balaban J connectivity index is 1.35. The van der Waals surface area contributed by atoms with Crippen LogP contribution in [0.5, 0.6) is 0 Å². The van der Waals surface area contributed by atoms with Crippen molar-refractivity contribution in [3.8, 4) is 11.1 Å². The molecule has 0 atom stereocenters. The van der Waals surface area contributed by atoms with Crippen LogP contribution < -0.4 is 4.90 Å². The highest BCUT2D eigenvalue weighted by molar-refractivity contribution is 6.05. The van der Waals surface area contributed by atoms with E-state index in [0.717, 1.165) is 34.9 Å². The van der Waals surface area contributed by atoms with E-state index >= 15 is 0 Å². The number of amides is 1. The molecule has 5 heterocycles. The molecule has 1 spiro atoms. The highest BCUT2D eigenvalue weighted by Gasteiger charge is 2.46. The number of halogens is 3. The van der Waals surface area contributed by atoms with Gasteiger partial charge < -0.3 is 14.5 Å². The first-order chi connectivity index (χ1) is 25.4. The molecule has 3 aliphatic heterocycles. The van der Waals surface area contributed by atoms with Gasteiger partial charge in [-0.1, -0.05) is 25.3 Å². The minimum Gasteiger partial charge on any atom is -0.465 e. The number of fused-ring (bicyclic) bond motifs is 2. The molecule has 3 fully saturated rings. The Bertz CT molecular complexity index is 2050. The number of hydrogen-bond acceptors (Lipinski definition) is 8. The number of aryl methyl sites for hydroxylation is 2. The first kappa shape index (κ1) is 36.6. The van der Waals surface area contributed by atoms with Gasteiger partial charge in [-0.05, 0) is 105 Å². The molecule has 280 valence electrons. The van der Waals surface area contributed by atoms with Crippen molar-refractivity contribution in [1.29, 1.82) is 0 Å². The fourth-order valence-electron chi connectivity index (χ4n) is 8.50. The van der Waals surface area contributed by atoms with Crippen LogP contribution >= 0.6 is 0 Å². The fraction of sp³-hybridized carbons (Fsp3) is 0.475. The molecule has 4 aromatic rings. The quantitative estimate of drug-likeness (QED) is 0.138. The van der Waals surface area contributed by atoms with Crippen LogP contribution in [0.2, 0.25) is 0 Å². The number of rotatable bonds is 10. The summed E-state index contributed by atoms with van der Waals surface area (Å²) in [6.07, 6.45) is 2.23. The van der Waals surface area contributed by atoms with Crippen molar-refractivity contribution in [2.24, 2.45) is 5.41 Å². The van der Waals surface area contributed by atoms with E-state index in [1.165, 1.54) is 6.08 Å². The third-order valence-electron chi connectivity index (χ3n) is 11.4. The van der Waals surface area contributed by atoms with Crippen molar-refractivity contribution >= 4 is 45.6 Å². The summed E-state index contributed by atoms with van der Waals surface area (Å²) < 4.78 is 47.5. The molecule has 0 radical (unpaired) electrons. The summed E-state index contributed by atoms with van der Waals surface area (Å²) in [6, 6.07) is 5.87. The molecule has 7 rings (SSSR count). The third kappa shape index (κ3) is 7.27. The average Bonchev–Trinajstić information content (AvgIpc) is 3.61. The van der Waals surface area contributed by atoms with Gasteiger partial charge in [0.05, 0.1) is 30.4 Å². The second kappa shape index (κ2) is 14.6. The van der Waals surface area contributed by atoms with Gasteiger partial charge in [-0.15, -0.1) is 0 Å². The zero-order valence-electron chi connectivity index (χ0n) is 30.4. The maximum absolute atomic E-state index is 14.1. The first-order valence-corrected chi connectivity index (χ1v) is 18.5. The number of nitrogens with one attached hydrogen (secondary N) is 1. The molecule has 0 saturated carbocycles. The molecule has 0 aliphatic carbocycles. The van der Waals surface area contributed by atoms with Crippen molar-refractivity contribution in [3.05, 3.63) is 66.1 Å². The zero-order valence-corrected chi connectivity index (χ0v) is 30.4. The van der Waals surface area contributed by atoms with Crippen LogP contribution in [0.25, 0.3) is 39.0 Å². The number of aromatic nitrogens is 4. The molecule has 3 saturated heterocycles. The van der Waals surface area contributed by atoms with E-state index in [1.54, 1.807) is 19.2 Å². The van der Waals surface area contributed by atoms with Crippen molar-refractivity contribution in [1.82, 2.24) is 30.0 Å². The van der Waals surface area contributed by atoms with E-state index in [-0.39, 0.29) is 36.2 Å². The van der Waals surface area contributed by atoms with Crippen molar-refractivity contribution in [2.45, 2.75) is 64.5 Å². The number of esters is 1. The zero-order chi connectivity index (χ0) is 37.5. The van der Waals surface area contributed by atoms with Gasteiger partial charge >= 0.3 is 12.1 Å². The summed E-state index contributed by atoms with van der Waals surface area (Å²) in [7, 11) is 0. The van der Waals surface area contributed by atoms with Crippen LogP contribution in [0, 0.1) is 12.3 Å². The number of ether oxygens (including phenoxy) is 1. The molecule has 0 unspecified atom stereocenters. The van der Waals surface area contributed by atoms with E-state index in [9.17, 15) is 22.8 Å². The molecule has 3 aliphatic rings. The minimum atomic E-state index is -4.39. The Hall–Kier alpha value is -4.78. The van der Waals surface area contributed by atoms with Gasteiger partial charge in [0.1, 0.15) is 11.6 Å². The van der Waals surface area contributed by atoms with E-state index in [4.69, 9.17) is 14.7 Å². The maximum atomic E-state index is 14.1. The van der Waals surface area contributed by atoms with Crippen LogP contribution in [-0.4, -0.2) is 100 Å². The minimum absolute atomic E-state index is 0.0324. The highest BCUT2D eigenvalue weighted by atomic mass is 19.4. The van der Waals surface area contributed by atoms with E-state index < -0.39 is 12.6 Å². The molecule has 1 amide bonds. The molecule has 53 heavy (non-hydrogen) atoms. The molecule has 2 aromatic heterocycles. The number of H-pyrrole nitrogens is 1. The van der Waals surface area contributed by atoms with Crippen molar-refractivity contribution < 1.29 is 27.5 Å². The number of hydrogen-bond donors (Lipinski definition) is 1. The Kier molecular flexibility index (Phi) is 10.1. The summed E-state index contributed by atoms with van der Waals surface area (Å²) in [5.41, 5.74) is 4.96. The molecule has 2 aromatic carbocycles. The van der Waals surface area contributed by atoms with Gasteiger partial charge in [-0.25, -0.2) is 9.97 Å². The smallest absolute Gasteiger partial charge is 0.389 e. The summed E-state index contributed by atoms with van der Waals surface area (Å²) in [5, 5.41) is 8.80. The number of benzene rings is 2. The molecule has 13 heteroatoms. The number of carbonyl (C=O) groups excluding carboxylic acids is 2. The van der Waals surface area contributed by atoms with Crippen molar-refractivity contribution in [2.75, 3.05) is 57.3 Å². The maximum Gasteiger partial charge on any atom is 0.389 e. The lowest BCUT2D eigenvalue weighted by Gasteiger charge is -2.54. The summed E-state index contributed by atoms with van der Waals surface area (Å²) in [6.45, 7) is 16.1. The number of alkyl halides is 3. The van der Waals surface area contributed by atoms with Crippen LogP contribution in [-0.2, 0) is 20.7 Å². The van der Waals surface area contributed by atoms with Gasteiger partial charge in [0.15, 0.2) is 0 Å². The Morgan fingerprint density at radius 2 is 1.79 bits per heavy atom. The van der Waals surface area contributed by atoms with Crippen molar-refractivity contribution in [3.63, 3.8) is 0 Å². The Morgan fingerprint density at radius 1 is 1.06 bits per heavy atom. The lowest BCUT2D eigenvalue weighted by atomic mass is 9.72. The number of likely N-dealkylation sites (tertiary alicyclic amines) is 2. The topological polar surface area (TPSA) is 108 Å². The number of anilines is 1. The van der Waals surface area contributed by atoms with Crippen LogP contribution in [0.3, 0.4) is 0 Å². The molecular weight excluding hydrogens is 683 g/mol. The number of piperidine rings is 2. The molecular formula is C40H46F3N7O3. The van der Waals surface area contributed by atoms with E-state index in [2.05, 4.69) is 33.2 Å². The van der Waals surface area contributed by atoms with Gasteiger partial charge in [0, 0.05) is 54.7 Å². The standard InChI is InChI=1S/C40H46F3N7O3/c1-5-26-20-29-36(28(10-13-40(41,42)43)35(26)34-25(4)8-9-31-30(34)21-44-47-31)45-37(27-11-16-48(17-12-27)22-33(52)53-7-3)46-38(29)49-18-14-39(15-19-49)23-50(24-39)32(51)6-2/h5-6,8-9,20-21,27H,1-2,7,10-19,22-24H2,3-4H3,(H,44,47). The number of aromatic amines is 1. The molecule has 1 N–H and O–H groups in total. The average molecular weight is 730 g/mol. The summed E-state index contributed by atoms with van der Waals surface area (Å²) in [4.78, 5) is 41.0. The molecule has 0 bridgehead atoms. The summed E-state index contributed by atoms with van der Waals surface area (Å²) >= 11 is 0. The first-order valence-electron chi connectivity index (χ1n) is 18.5.